The molecular formula is C18H24F2N2O3. The molecule has 2 amide bonds. The third-order valence-electron chi connectivity index (χ3n) is 4.63. The fourth-order valence-electron chi connectivity index (χ4n) is 3.02. The van der Waals surface area contributed by atoms with Crippen molar-refractivity contribution in [3.05, 3.63) is 35.4 Å². The van der Waals surface area contributed by atoms with Crippen LogP contribution in [0.5, 0.6) is 0 Å². The van der Waals surface area contributed by atoms with Gasteiger partial charge in [-0.25, -0.2) is 8.78 Å². The number of carbonyl (C=O) groups is 2. The molecule has 0 bridgehead atoms. The number of aliphatic hydroxyl groups excluding tert-OH is 1. The van der Waals surface area contributed by atoms with Gasteiger partial charge >= 0.3 is 0 Å². The van der Waals surface area contributed by atoms with Gasteiger partial charge in [-0.2, -0.15) is 0 Å². The topological polar surface area (TPSA) is 69.6 Å². The molecule has 1 saturated heterocycles. The molecule has 1 aliphatic rings. The summed E-state index contributed by atoms with van der Waals surface area (Å²) in [6.45, 7) is 6.08. The Morgan fingerprint density at radius 1 is 1.24 bits per heavy atom. The largest absolute Gasteiger partial charge is 0.393 e. The highest BCUT2D eigenvalue weighted by atomic mass is 19.1. The minimum atomic E-state index is -0.970. The van der Waals surface area contributed by atoms with E-state index in [4.69, 9.17) is 0 Å². The second-order valence-electron chi connectivity index (χ2n) is 6.87. The summed E-state index contributed by atoms with van der Waals surface area (Å²) in [6.07, 6.45) is 0.168. The number of benzene rings is 1. The van der Waals surface area contributed by atoms with Crippen molar-refractivity contribution in [3.63, 3.8) is 0 Å². The molecule has 138 valence electrons. The quantitative estimate of drug-likeness (QED) is 0.849. The molecule has 1 aromatic carbocycles. The summed E-state index contributed by atoms with van der Waals surface area (Å²) in [5.41, 5.74) is -0.691. The number of carbonyl (C=O) groups excluding carboxylic acids is 2. The molecule has 0 saturated carbocycles. The van der Waals surface area contributed by atoms with Gasteiger partial charge in [0.2, 0.25) is 5.91 Å². The van der Waals surface area contributed by atoms with E-state index < -0.39 is 35.3 Å². The summed E-state index contributed by atoms with van der Waals surface area (Å²) < 4.78 is 27.5. The molecule has 1 fully saturated rings. The number of aliphatic hydroxyl groups is 1. The van der Waals surface area contributed by atoms with E-state index in [1.54, 1.807) is 25.7 Å². The minimum Gasteiger partial charge on any atom is -0.393 e. The van der Waals surface area contributed by atoms with Crippen molar-refractivity contribution in [2.75, 3.05) is 13.1 Å². The van der Waals surface area contributed by atoms with Gasteiger partial charge in [-0.1, -0.05) is 19.9 Å². The Labute approximate surface area is 146 Å². The summed E-state index contributed by atoms with van der Waals surface area (Å²) >= 11 is 0. The number of hydrogen-bond acceptors (Lipinski definition) is 3. The van der Waals surface area contributed by atoms with Crippen LogP contribution >= 0.6 is 0 Å². The van der Waals surface area contributed by atoms with Gasteiger partial charge in [0.05, 0.1) is 6.10 Å². The number of nitrogens with one attached hydrogen (secondary N) is 1. The van der Waals surface area contributed by atoms with Crippen molar-refractivity contribution in [1.29, 1.82) is 0 Å². The molecule has 0 spiro atoms. The van der Waals surface area contributed by atoms with Crippen LogP contribution in [0.4, 0.5) is 8.78 Å². The summed E-state index contributed by atoms with van der Waals surface area (Å²) in [5, 5.41) is 12.1. The van der Waals surface area contributed by atoms with Crippen LogP contribution < -0.4 is 5.32 Å². The van der Waals surface area contributed by atoms with Gasteiger partial charge in [-0.3, -0.25) is 9.59 Å². The zero-order valence-corrected chi connectivity index (χ0v) is 14.6. The maximum absolute atomic E-state index is 13.8. The van der Waals surface area contributed by atoms with Crippen LogP contribution in [0.15, 0.2) is 18.2 Å². The van der Waals surface area contributed by atoms with E-state index in [0.717, 1.165) is 12.1 Å². The third kappa shape index (κ3) is 4.34. The molecule has 7 heteroatoms. The van der Waals surface area contributed by atoms with Crippen molar-refractivity contribution < 1.29 is 23.5 Å². The second-order valence-corrected chi connectivity index (χ2v) is 6.87. The van der Waals surface area contributed by atoms with Crippen LogP contribution in [0.1, 0.15) is 37.6 Å². The number of nitrogens with zero attached hydrogens (tertiary/aromatic N) is 1. The maximum atomic E-state index is 13.8. The lowest BCUT2D eigenvalue weighted by molar-refractivity contribution is -0.133. The lowest BCUT2D eigenvalue weighted by Crippen LogP contribution is -2.51. The summed E-state index contributed by atoms with van der Waals surface area (Å²) in [6, 6.07) is 2.28. The zero-order chi connectivity index (χ0) is 18.7. The molecule has 1 heterocycles. The standard InChI is InChI=1S/C18H24F2N2O3/c1-10(2)16(18(25)22-8-7-12(9-22)11(3)23)21-17(24)15-13(19)5-4-6-14(15)20/h4-6,10-12,16,23H,7-9H2,1-3H3,(H,21,24)/t11-,12-,16+/m1/s1. The van der Waals surface area contributed by atoms with Gasteiger partial charge in [-0.15, -0.1) is 0 Å². The summed E-state index contributed by atoms with van der Waals surface area (Å²) in [5.74, 6) is -3.45. The van der Waals surface area contributed by atoms with Crippen molar-refractivity contribution in [1.82, 2.24) is 10.2 Å². The SMILES string of the molecule is CC(C)[C@H](NC(=O)c1c(F)cccc1F)C(=O)N1CC[C@@H]([C@@H](C)O)C1. The monoisotopic (exact) mass is 354 g/mol. The smallest absolute Gasteiger partial charge is 0.257 e. The van der Waals surface area contributed by atoms with Crippen LogP contribution in [0.3, 0.4) is 0 Å². The number of rotatable bonds is 5. The third-order valence-corrected chi connectivity index (χ3v) is 4.63. The first-order chi connectivity index (χ1) is 11.7. The lowest BCUT2D eigenvalue weighted by Gasteiger charge is -2.27. The highest BCUT2D eigenvalue weighted by Crippen LogP contribution is 2.22. The van der Waals surface area contributed by atoms with E-state index >= 15 is 0 Å². The zero-order valence-electron chi connectivity index (χ0n) is 14.6. The highest BCUT2D eigenvalue weighted by Gasteiger charge is 2.35. The van der Waals surface area contributed by atoms with Gasteiger partial charge in [0.15, 0.2) is 0 Å². The lowest BCUT2D eigenvalue weighted by atomic mass is 10.0. The Bertz CT molecular complexity index is 629. The van der Waals surface area contributed by atoms with Gasteiger partial charge in [-0.05, 0) is 31.4 Å². The Balaban J connectivity index is 2.13. The second kappa shape index (κ2) is 7.91. The van der Waals surface area contributed by atoms with Crippen LogP contribution in [0, 0.1) is 23.5 Å². The van der Waals surface area contributed by atoms with E-state index in [1.807, 2.05) is 0 Å². The molecule has 3 atom stereocenters. The fourth-order valence-corrected chi connectivity index (χ4v) is 3.02. The van der Waals surface area contributed by atoms with Crippen LogP contribution in [-0.2, 0) is 4.79 Å². The average Bonchev–Trinajstić information content (AvgIpc) is 3.01. The first kappa shape index (κ1) is 19.3. The molecule has 25 heavy (non-hydrogen) atoms. The fraction of sp³-hybridized carbons (Fsp3) is 0.556. The number of likely N-dealkylation sites (tertiary alicyclic amines) is 1. The van der Waals surface area contributed by atoms with E-state index in [0.29, 0.717) is 19.5 Å². The van der Waals surface area contributed by atoms with Gasteiger partial charge < -0.3 is 15.3 Å². The first-order valence-electron chi connectivity index (χ1n) is 8.44. The van der Waals surface area contributed by atoms with Gasteiger partial charge in [0, 0.05) is 19.0 Å². The van der Waals surface area contributed by atoms with E-state index in [9.17, 15) is 23.5 Å². The van der Waals surface area contributed by atoms with Gasteiger partial charge in [0.25, 0.3) is 5.91 Å². The van der Waals surface area contributed by atoms with Gasteiger partial charge in [0.1, 0.15) is 23.2 Å². The number of amides is 2. The van der Waals surface area contributed by atoms with Crippen LogP contribution in [-0.4, -0.2) is 47.1 Å². The summed E-state index contributed by atoms with van der Waals surface area (Å²) in [4.78, 5) is 26.6. The first-order valence-corrected chi connectivity index (χ1v) is 8.44. The number of halogens is 2. The molecule has 2 rings (SSSR count). The molecular weight excluding hydrogens is 330 g/mol. The van der Waals surface area contributed by atoms with Crippen LogP contribution in [0.25, 0.3) is 0 Å². The molecule has 0 aliphatic carbocycles. The predicted molar refractivity (Wildman–Crippen MR) is 88.8 cm³/mol. The van der Waals surface area contributed by atoms with Crippen molar-refractivity contribution in [3.8, 4) is 0 Å². The summed E-state index contributed by atoms with van der Waals surface area (Å²) in [7, 11) is 0. The number of hydrogen-bond donors (Lipinski definition) is 2. The Kier molecular flexibility index (Phi) is 6.11. The highest BCUT2D eigenvalue weighted by molar-refractivity contribution is 5.98. The molecule has 0 radical (unpaired) electrons. The van der Waals surface area contributed by atoms with Crippen molar-refractivity contribution in [2.24, 2.45) is 11.8 Å². The van der Waals surface area contributed by atoms with E-state index in [1.165, 1.54) is 6.07 Å². The molecule has 2 N–H and O–H groups in total. The molecule has 1 aliphatic heterocycles. The van der Waals surface area contributed by atoms with E-state index in [-0.39, 0.29) is 17.7 Å². The minimum absolute atomic E-state index is 0.00326. The molecule has 5 nitrogen and oxygen atoms in total. The van der Waals surface area contributed by atoms with Crippen LogP contribution in [0.2, 0.25) is 0 Å². The Morgan fingerprint density at radius 2 is 1.84 bits per heavy atom. The average molecular weight is 354 g/mol. The van der Waals surface area contributed by atoms with E-state index in [2.05, 4.69) is 5.32 Å². The predicted octanol–water partition coefficient (Wildman–Crippen LogP) is 1.95. The normalized spacial score (nSPS) is 19.8. The molecule has 0 aromatic heterocycles. The Hall–Kier alpha value is -2.02. The molecule has 1 aromatic rings. The Morgan fingerprint density at radius 3 is 2.32 bits per heavy atom. The maximum Gasteiger partial charge on any atom is 0.257 e. The van der Waals surface area contributed by atoms with Crippen molar-refractivity contribution >= 4 is 11.8 Å². The van der Waals surface area contributed by atoms with Crippen molar-refractivity contribution in [2.45, 2.75) is 39.3 Å². The molecule has 0 unspecified atom stereocenters.